The van der Waals surface area contributed by atoms with Crippen LogP contribution in [0.25, 0.3) is 0 Å². The summed E-state index contributed by atoms with van der Waals surface area (Å²) in [5.41, 5.74) is -0.254. The SMILES string of the molecule is O=C(CN1C(=O)C2C3CC(C2C1=O)C1C3Sc2[nH]c(=O)sc2[C@@H]1c1cccc(Cl)c1Cl)Nc1cccc(C(F)(F)F)c1. The number of aromatic nitrogens is 1. The van der Waals surface area contributed by atoms with Crippen LogP contribution >= 0.6 is 46.3 Å². The third-order valence-corrected chi connectivity index (χ3v) is 12.3. The lowest BCUT2D eigenvalue weighted by Gasteiger charge is -2.43. The fraction of sp³-hybridized carbons (Fsp3) is 0.357. The molecule has 2 saturated carbocycles. The lowest BCUT2D eigenvalue weighted by molar-refractivity contribution is -0.143. The summed E-state index contributed by atoms with van der Waals surface area (Å²) >= 11 is 15.7. The van der Waals surface area contributed by atoms with Gasteiger partial charge in [-0.15, -0.1) is 11.8 Å². The van der Waals surface area contributed by atoms with Gasteiger partial charge in [-0.2, -0.15) is 13.2 Å². The molecule has 2 N–H and O–H groups in total. The second kappa shape index (κ2) is 9.87. The van der Waals surface area contributed by atoms with Crippen LogP contribution in [-0.2, 0) is 20.6 Å². The molecule has 4 aliphatic rings. The molecule has 3 heterocycles. The molecule has 3 aromatic rings. The first-order chi connectivity index (χ1) is 19.9. The Kier molecular flexibility index (Phi) is 6.58. The maximum Gasteiger partial charge on any atom is 0.416 e. The zero-order valence-corrected chi connectivity index (χ0v) is 24.4. The van der Waals surface area contributed by atoms with E-state index in [2.05, 4.69) is 10.3 Å². The fourth-order valence-corrected chi connectivity index (χ4v) is 10.8. The number of thiazole rings is 1. The lowest BCUT2D eigenvalue weighted by atomic mass is 9.68. The number of fused-ring (bicyclic) bond motifs is 9. The molecule has 2 bridgehead atoms. The highest BCUT2D eigenvalue weighted by Gasteiger charge is 2.69. The quantitative estimate of drug-likeness (QED) is 0.343. The number of benzene rings is 2. The molecule has 7 rings (SSSR count). The molecule has 1 aromatic heterocycles. The Labute approximate surface area is 254 Å². The van der Waals surface area contributed by atoms with Crippen LogP contribution in [0.2, 0.25) is 10.0 Å². The molecule has 1 saturated heterocycles. The van der Waals surface area contributed by atoms with Gasteiger partial charge >= 0.3 is 11.0 Å². The van der Waals surface area contributed by atoms with Gasteiger partial charge in [-0.25, -0.2) is 0 Å². The van der Waals surface area contributed by atoms with Crippen LogP contribution in [-0.4, -0.2) is 39.4 Å². The summed E-state index contributed by atoms with van der Waals surface area (Å²) in [6.07, 6.45) is -3.94. The van der Waals surface area contributed by atoms with Crippen molar-refractivity contribution < 1.29 is 27.6 Å². The van der Waals surface area contributed by atoms with Gasteiger partial charge in [-0.1, -0.05) is 52.7 Å². The number of carbonyl (C=O) groups is 3. The van der Waals surface area contributed by atoms with Crippen molar-refractivity contribution in [3.8, 4) is 0 Å². The van der Waals surface area contributed by atoms with Gasteiger partial charge in [-0.05, 0) is 54.0 Å². The van der Waals surface area contributed by atoms with E-state index in [1.807, 2.05) is 6.07 Å². The Morgan fingerprint density at radius 3 is 2.50 bits per heavy atom. The number of hydrogen-bond donors (Lipinski definition) is 2. The normalized spacial score (nSPS) is 29.5. The smallest absolute Gasteiger partial charge is 0.325 e. The maximum absolute atomic E-state index is 13.7. The molecule has 6 unspecified atom stereocenters. The van der Waals surface area contributed by atoms with Crippen LogP contribution in [0.5, 0.6) is 0 Å². The number of rotatable bonds is 4. The predicted octanol–water partition coefficient (Wildman–Crippen LogP) is 5.87. The Morgan fingerprint density at radius 1 is 1.05 bits per heavy atom. The van der Waals surface area contributed by atoms with Crippen molar-refractivity contribution in [1.29, 1.82) is 0 Å². The topological polar surface area (TPSA) is 99.3 Å². The molecule has 2 aromatic carbocycles. The third-order valence-electron chi connectivity index (χ3n) is 8.91. The fourth-order valence-electron chi connectivity index (χ4n) is 7.46. The summed E-state index contributed by atoms with van der Waals surface area (Å²) in [4.78, 5) is 57.0. The molecule has 3 fully saturated rings. The molecule has 0 radical (unpaired) electrons. The van der Waals surface area contributed by atoms with E-state index in [4.69, 9.17) is 23.2 Å². The summed E-state index contributed by atoms with van der Waals surface area (Å²) in [6, 6.07) is 9.50. The number of nitrogens with zero attached hydrogens (tertiary/aromatic N) is 1. The molecule has 2 aliphatic heterocycles. The highest BCUT2D eigenvalue weighted by atomic mass is 35.5. The zero-order valence-electron chi connectivity index (χ0n) is 21.3. The number of carbonyl (C=O) groups excluding carboxylic acids is 3. The van der Waals surface area contributed by atoms with Crippen molar-refractivity contribution in [3.63, 3.8) is 0 Å². The van der Waals surface area contributed by atoms with Crippen LogP contribution in [0.1, 0.15) is 28.3 Å². The first kappa shape index (κ1) is 28.0. The van der Waals surface area contributed by atoms with Crippen molar-refractivity contribution >= 4 is 69.7 Å². The van der Waals surface area contributed by atoms with Crippen LogP contribution in [0, 0.1) is 29.6 Å². The second-order valence-corrected chi connectivity index (χ2v) is 14.0. The third kappa shape index (κ3) is 4.24. The zero-order chi connectivity index (χ0) is 29.7. The molecule has 2 aliphatic carbocycles. The number of anilines is 1. The van der Waals surface area contributed by atoms with Gasteiger partial charge in [0.15, 0.2) is 0 Å². The Hall–Kier alpha value is -2.80. The van der Waals surface area contributed by atoms with Gasteiger partial charge in [0, 0.05) is 21.7 Å². The van der Waals surface area contributed by atoms with E-state index in [1.165, 1.54) is 23.9 Å². The Balaban J connectivity index is 1.17. The predicted molar refractivity (Wildman–Crippen MR) is 152 cm³/mol. The van der Waals surface area contributed by atoms with Crippen molar-refractivity contribution in [3.05, 3.63) is 78.2 Å². The number of imide groups is 1. The number of aromatic amines is 1. The molecule has 7 atom stereocenters. The van der Waals surface area contributed by atoms with E-state index in [-0.39, 0.29) is 39.5 Å². The summed E-state index contributed by atoms with van der Waals surface area (Å²) in [7, 11) is 0. The summed E-state index contributed by atoms with van der Waals surface area (Å²) < 4.78 is 39.3. The van der Waals surface area contributed by atoms with Crippen LogP contribution in [0.4, 0.5) is 18.9 Å². The first-order valence-electron chi connectivity index (χ1n) is 13.1. The molecule has 7 nitrogen and oxygen atoms in total. The Bertz CT molecular complexity index is 1730. The molecular weight excluding hydrogens is 634 g/mol. The average Bonchev–Trinajstić information content (AvgIpc) is 3.66. The van der Waals surface area contributed by atoms with Gasteiger partial charge in [-0.3, -0.25) is 24.1 Å². The molecule has 14 heteroatoms. The standard InChI is InChI=1S/C28H20Cl2F3N3O4S2/c29-15-6-2-5-12(21(15)30)17-18-13-8-14(22(18)41-24-23(17)42-27(40)35-24)20-19(13)25(38)36(26(20)39)9-16(37)34-11-4-1-3-10(7-11)28(31,32)33/h1-7,13-14,17-20,22H,8-9H2,(H,34,37)(H,35,40)/t13?,14?,17-,18?,19?,20?,22?/m1/s1. The second-order valence-electron chi connectivity index (χ2n) is 11.0. The number of likely N-dealkylation sites (tertiary alicyclic amines) is 1. The van der Waals surface area contributed by atoms with Gasteiger partial charge in [0.2, 0.25) is 17.7 Å². The number of nitrogens with one attached hydrogen (secondary N) is 2. The summed E-state index contributed by atoms with van der Waals surface area (Å²) in [5.74, 6) is -3.69. The van der Waals surface area contributed by atoms with Gasteiger partial charge < -0.3 is 10.3 Å². The molecule has 42 heavy (non-hydrogen) atoms. The monoisotopic (exact) mass is 653 g/mol. The van der Waals surface area contributed by atoms with Crippen molar-refractivity contribution in [1.82, 2.24) is 9.88 Å². The highest BCUT2D eigenvalue weighted by molar-refractivity contribution is 8.00. The Morgan fingerprint density at radius 2 is 1.76 bits per heavy atom. The van der Waals surface area contributed by atoms with Crippen LogP contribution in [0.3, 0.4) is 0 Å². The number of halogens is 5. The minimum atomic E-state index is -4.59. The number of hydrogen-bond acceptors (Lipinski definition) is 6. The number of alkyl halides is 3. The minimum Gasteiger partial charge on any atom is -0.325 e. The summed E-state index contributed by atoms with van der Waals surface area (Å²) in [5, 5.41) is 3.78. The van der Waals surface area contributed by atoms with E-state index in [0.717, 1.165) is 43.8 Å². The van der Waals surface area contributed by atoms with Gasteiger partial charge in [0.25, 0.3) is 0 Å². The lowest BCUT2D eigenvalue weighted by Crippen LogP contribution is -2.42. The van der Waals surface area contributed by atoms with Gasteiger partial charge in [0.1, 0.15) is 6.54 Å². The minimum absolute atomic E-state index is 0.0790. The highest BCUT2D eigenvalue weighted by Crippen LogP contribution is 2.69. The van der Waals surface area contributed by atoms with E-state index in [1.54, 1.807) is 12.1 Å². The summed E-state index contributed by atoms with van der Waals surface area (Å²) in [6.45, 7) is -0.590. The van der Waals surface area contributed by atoms with Crippen molar-refractivity contribution in [2.24, 2.45) is 29.6 Å². The van der Waals surface area contributed by atoms with Crippen LogP contribution in [0.15, 0.2) is 52.3 Å². The van der Waals surface area contributed by atoms with E-state index < -0.39 is 47.8 Å². The molecule has 0 spiro atoms. The number of amides is 3. The maximum atomic E-state index is 13.7. The van der Waals surface area contributed by atoms with Crippen molar-refractivity contribution in [2.45, 2.75) is 28.8 Å². The first-order valence-corrected chi connectivity index (χ1v) is 15.5. The van der Waals surface area contributed by atoms with E-state index in [9.17, 15) is 32.3 Å². The molecule has 218 valence electrons. The number of H-pyrrole nitrogens is 1. The average molecular weight is 655 g/mol. The molecule has 3 amide bonds. The van der Waals surface area contributed by atoms with Gasteiger partial charge in [0.05, 0.1) is 32.5 Å². The van der Waals surface area contributed by atoms with Crippen molar-refractivity contribution in [2.75, 3.05) is 11.9 Å². The van der Waals surface area contributed by atoms with Crippen LogP contribution < -0.4 is 10.2 Å². The molecular formula is C28H20Cl2F3N3O4S2. The van der Waals surface area contributed by atoms with E-state index in [0.29, 0.717) is 16.5 Å². The van der Waals surface area contributed by atoms with E-state index >= 15 is 0 Å². The number of thioether (sulfide) groups is 1. The largest absolute Gasteiger partial charge is 0.416 e.